The van der Waals surface area contributed by atoms with Gasteiger partial charge in [0, 0.05) is 5.92 Å². The minimum absolute atomic E-state index is 0.0450. The molecule has 5 nitrogen and oxygen atoms in total. The van der Waals surface area contributed by atoms with E-state index in [4.69, 9.17) is 5.73 Å². The number of guanidine groups is 1. The van der Waals surface area contributed by atoms with Crippen LogP contribution in [0.2, 0.25) is 0 Å². The first-order valence-electron chi connectivity index (χ1n) is 7.05. The minimum Gasteiger partial charge on any atom is -0.370 e. The number of imidazole rings is 1. The fourth-order valence-electron chi connectivity index (χ4n) is 3.15. The maximum atomic E-state index is 5.94. The van der Waals surface area contributed by atoms with Crippen LogP contribution in [0.25, 0.3) is 11.0 Å². The first kappa shape index (κ1) is 11.5. The molecule has 0 amide bonds. The molecule has 2 heterocycles. The zero-order valence-electron chi connectivity index (χ0n) is 11.2. The molecule has 1 aromatic heterocycles. The third-order valence-corrected chi connectivity index (χ3v) is 4.10. The van der Waals surface area contributed by atoms with Crippen LogP contribution in [-0.2, 0) is 0 Å². The third kappa shape index (κ3) is 1.70. The molecule has 20 heavy (non-hydrogen) atoms. The molecule has 0 saturated heterocycles. The van der Waals surface area contributed by atoms with E-state index in [1.165, 1.54) is 0 Å². The second-order valence-electron chi connectivity index (χ2n) is 5.39. The molecule has 5 heteroatoms. The number of nitrogens with two attached hydrogens (primary N) is 1. The second-order valence-corrected chi connectivity index (χ2v) is 5.39. The number of anilines is 1. The molecule has 0 bridgehead atoms. The number of nitrogens with one attached hydrogen (secondary N) is 1. The summed E-state index contributed by atoms with van der Waals surface area (Å²) in [6, 6.07) is 8.16. The van der Waals surface area contributed by atoms with Crippen LogP contribution in [0.15, 0.2) is 41.4 Å². The summed E-state index contributed by atoms with van der Waals surface area (Å²) in [6.45, 7) is 0. The lowest BCUT2D eigenvalue weighted by atomic mass is 9.91. The average molecular weight is 267 g/mol. The lowest BCUT2D eigenvalue weighted by Gasteiger charge is -2.30. The van der Waals surface area contributed by atoms with Crippen LogP contribution in [0.4, 0.5) is 5.95 Å². The first-order chi connectivity index (χ1) is 9.83. The van der Waals surface area contributed by atoms with Crippen LogP contribution in [0.5, 0.6) is 0 Å². The van der Waals surface area contributed by atoms with Gasteiger partial charge in [-0.2, -0.15) is 0 Å². The molecule has 0 spiro atoms. The van der Waals surface area contributed by atoms with E-state index in [2.05, 4.69) is 38.1 Å². The van der Waals surface area contributed by atoms with Crippen LogP contribution < -0.4 is 11.1 Å². The van der Waals surface area contributed by atoms with Crippen molar-refractivity contribution in [3.05, 3.63) is 36.4 Å². The molecule has 2 aromatic rings. The Bertz CT molecular complexity index is 712. The number of para-hydroxylation sites is 2. The van der Waals surface area contributed by atoms with Gasteiger partial charge in [-0.3, -0.25) is 9.88 Å². The fourth-order valence-corrected chi connectivity index (χ4v) is 3.15. The Morgan fingerprint density at radius 3 is 3.00 bits per heavy atom. The van der Waals surface area contributed by atoms with Gasteiger partial charge in [0.25, 0.3) is 0 Å². The molecule has 0 radical (unpaired) electrons. The van der Waals surface area contributed by atoms with E-state index in [9.17, 15) is 0 Å². The summed E-state index contributed by atoms with van der Waals surface area (Å²) in [5.74, 6) is 1.75. The van der Waals surface area contributed by atoms with Gasteiger partial charge in [0.2, 0.25) is 5.95 Å². The molecule has 0 saturated carbocycles. The van der Waals surface area contributed by atoms with Crippen LogP contribution in [-0.4, -0.2) is 15.5 Å². The predicted molar refractivity (Wildman–Crippen MR) is 80.5 cm³/mol. The minimum atomic E-state index is 0.0450. The Balaban J connectivity index is 1.86. The number of rotatable bonds is 1. The number of nitrogens with zero attached hydrogens (tertiary/aromatic N) is 3. The lowest BCUT2D eigenvalue weighted by molar-refractivity contribution is 0.321. The summed E-state index contributed by atoms with van der Waals surface area (Å²) < 4.78 is 2.19. The molecule has 1 aliphatic carbocycles. The summed E-state index contributed by atoms with van der Waals surface area (Å²) in [6.07, 6.45) is 7.85. The van der Waals surface area contributed by atoms with E-state index in [1.807, 2.05) is 18.2 Å². The molecule has 0 unspecified atom stereocenters. The van der Waals surface area contributed by atoms with Gasteiger partial charge in [-0.05, 0) is 31.4 Å². The van der Waals surface area contributed by atoms with E-state index in [0.717, 1.165) is 36.2 Å². The van der Waals surface area contributed by atoms with Crippen LogP contribution in [0.3, 0.4) is 0 Å². The highest BCUT2D eigenvalue weighted by molar-refractivity contribution is 5.94. The number of benzene rings is 1. The molecule has 0 fully saturated rings. The lowest BCUT2D eigenvalue weighted by Crippen LogP contribution is -2.34. The second kappa shape index (κ2) is 4.37. The van der Waals surface area contributed by atoms with Gasteiger partial charge in [0.15, 0.2) is 5.96 Å². The molecule has 2 aliphatic rings. The molecule has 4 rings (SSSR count). The van der Waals surface area contributed by atoms with Crippen molar-refractivity contribution >= 4 is 22.9 Å². The smallest absolute Gasteiger partial charge is 0.212 e. The molecule has 1 aromatic carbocycles. The standard InChI is InChI=1S/C15H17N5/c16-14-18-13(10-6-2-1-3-7-10)20-12-9-5-4-8-11(12)17-15(20)19-14/h1-2,4-5,8-10,13H,3,6-7H2,(H3,16,17,18,19)/t10-,13+/m0/s1. The summed E-state index contributed by atoms with van der Waals surface area (Å²) in [5, 5.41) is 3.08. The van der Waals surface area contributed by atoms with Gasteiger partial charge < -0.3 is 5.73 Å². The van der Waals surface area contributed by atoms with Crippen molar-refractivity contribution in [2.45, 2.75) is 25.4 Å². The monoisotopic (exact) mass is 267 g/mol. The van der Waals surface area contributed by atoms with E-state index in [-0.39, 0.29) is 6.17 Å². The number of allylic oxidation sites excluding steroid dienone is 2. The summed E-state index contributed by atoms with van der Waals surface area (Å²) >= 11 is 0. The average Bonchev–Trinajstić information content (AvgIpc) is 2.85. The topological polar surface area (TPSA) is 68.2 Å². The Morgan fingerprint density at radius 2 is 2.15 bits per heavy atom. The van der Waals surface area contributed by atoms with Crippen molar-refractivity contribution in [3.63, 3.8) is 0 Å². The number of hydrogen-bond donors (Lipinski definition) is 2. The summed E-state index contributed by atoms with van der Waals surface area (Å²) in [5.41, 5.74) is 8.04. The number of aliphatic imine (C=N–C) groups is 1. The predicted octanol–water partition coefficient (Wildman–Crippen LogP) is 2.63. The largest absolute Gasteiger partial charge is 0.370 e. The highest BCUT2D eigenvalue weighted by Gasteiger charge is 2.30. The van der Waals surface area contributed by atoms with Crippen molar-refractivity contribution in [2.75, 3.05) is 5.32 Å². The molecular formula is C15H17N5. The zero-order valence-corrected chi connectivity index (χ0v) is 11.2. The zero-order chi connectivity index (χ0) is 13.5. The fraction of sp³-hybridized carbons (Fsp3) is 0.333. The molecule has 1 aliphatic heterocycles. The Kier molecular flexibility index (Phi) is 2.52. The molecule has 102 valence electrons. The van der Waals surface area contributed by atoms with Crippen LogP contribution in [0, 0.1) is 5.92 Å². The van der Waals surface area contributed by atoms with Gasteiger partial charge in [-0.25, -0.2) is 9.98 Å². The van der Waals surface area contributed by atoms with E-state index < -0.39 is 0 Å². The van der Waals surface area contributed by atoms with Gasteiger partial charge in [-0.15, -0.1) is 0 Å². The van der Waals surface area contributed by atoms with Crippen molar-refractivity contribution in [1.29, 1.82) is 0 Å². The van der Waals surface area contributed by atoms with Gasteiger partial charge in [-0.1, -0.05) is 24.3 Å². The number of hydrogen-bond acceptors (Lipinski definition) is 4. The first-order valence-corrected chi connectivity index (χ1v) is 7.05. The SMILES string of the molecule is NC1=N[C@@H]([C@H]2CC=CCC2)n2c(nc3ccccc32)N1. The van der Waals surface area contributed by atoms with Crippen molar-refractivity contribution in [1.82, 2.24) is 9.55 Å². The van der Waals surface area contributed by atoms with E-state index in [1.54, 1.807) is 0 Å². The van der Waals surface area contributed by atoms with Crippen molar-refractivity contribution in [3.8, 4) is 0 Å². The van der Waals surface area contributed by atoms with Crippen LogP contribution in [0.1, 0.15) is 25.4 Å². The number of fused-ring (bicyclic) bond motifs is 3. The van der Waals surface area contributed by atoms with Gasteiger partial charge in [0.1, 0.15) is 6.17 Å². The van der Waals surface area contributed by atoms with Crippen molar-refractivity contribution < 1.29 is 0 Å². The van der Waals surface area contributed by atoms with Gasteiger partial charge in [0.05, 0.1) is 11.0 Å². The number of aromatic nitrogens is 2. The van der Waals surface area contributed by atoms with Crippen LogP contribution >= 0.6 is 0 Å². The van der Waals surface area contributed by atoms with Gasteiger partial charge >= 0.3 is 0 Å². The van der Waals surface area contributed by atoms with E-state index >= 15 is 0 Å². The van der Waals surface area contributed by atoms with Crippen molar-refractivity contribution in [2.24, 2.45) is 16.6 Å². The maximum Gasteiger partial charge on any atom is 0.212 e. The highest BCUT2D eigenvalue weighted by atomic mass is 15.4. The summed E-state index contributed by atoms with van der Waals surface area (Å²) in [7, 11) is 0. The molecule has 3 N–H and O–H groups in total. The maximum absolute atomic E-state index is 5.94. The molecular weight excluding hydrogens is 250 g/mol. The highest BCUT2D eigenvalue weighted by Crippen LogP contribution is 2.37. The Labute approximate surface area is 117 Å². The third-order valence-electron chi connectivity index (χ3n) is 4.10. The van der Waals surface area contributed by atoms with E-state index in [0.29, 0.717) is 11.9 Å². The summed E-state index contributed by atoms with van der Waals surface area (Å²) in [4.78, 5) is 9.26. The Hall–Kier alpha value is -2.30. The Morgan fingerprint density at radius 1 is 1.25 bits per heavy atom. The molecule has 2 atom stereocenters. The normalized spacial score (nSPS) is 25.1. The quantitative estimate of drug-likeness (QED) is 0.780.